The van der Waals surface area contributed by atoms with Gasteiger partial charge in [0.25, 0.3) is 11.8 Å². The molecule has 0 spiro atoms. The van der Waals surface area contributed by atoms with E-state index in [2.05, 4.69) is 10.2 Å². The van der Waals surface area contributed by atoms with Crippen molar-refractivity contribution >= 4 is 39.8 Å². The van der Waals surface area contributed by atoms with E-state index in [4.69, 9.17) is 9.15 Å². The maximum atomic E-state index is 12.9. The summed E-state index contributed by atoms with van der Waals surface area (Å²) in [5, 5.41) is 14.9. The number of benzene rings is 3. The molecular formula is C27H24N4O6. The summed E-state index contributed by atoms with van der Waals surface area (Å²) in [6.07, 6.45) is 0. The quantitative estimate of drug-likeness (QED) is 0.304. The third kappa shape index (κ3) is 4.94. The maximum absolute atomic E-state index is 12.9. The number of rotatable bonds is 6. The average molecular weight is 501 g/mol. The topological polar surface area (TPSA) is 118 Å². The number of fused-ring (bicyclic) bond motifs is 1. The van der Waals surface area contributed by atoms with Gasteiger partial charge in [0.1, 0.15) is 5.58 Å². The minimum atomic E-state index is -0.589. The van der Waals surface area contributed by atoms with Crippen LogP contribution in [-0.4, -0.2) is 54.9 Å². The van der Waals surface area contributed by atoms with Gasteiger partial charge in [-0.15, -0.1) is 0 Å². The van der Waals surface area contributed by atoms with Crippen LogP contribution in [0.4, 0.5) is 17.1 Å². The van der Waals surface area contributed by atoms with Crippen LogP contribution in [0.25, 0.3) is 11.0 Å². The lowest BCUT2D eigenvalue weighted by Crippen LogP contribution is -2.48. The number of nitrogens with one attached hydrogen (secondary N) is 1. The standard InChI is InChI=1S/C27H24N4O6/c1-36-24-11-6-19(16-22(24)31(34)35)26(32)28-20-7-9-21(10-8-20)29-12-14-30(15-13-29)27(33)25-17-18-4-2-3-5-23(18)37-25/h2-11,16-17H,12-15H2,1H3,(H,28,32). The molecule has 0 aliphatic carbocycles. The van der Waals surface area contributed by atoms with Crippen LogP contribution < -0.4 is 15.0 Å². The number of hydrogen-bond donors (Lipinski definition) is 1. The molecule has 2 heterocycles. The molecule has 10 nitrogen and oxygen atoms in total. The first kappa shape index (κ1) is 23.9. The summed E-state index contributed by atoms with van der Waals surface area (Å²) in [6.45, 7) is 2.44. The Morgan fingerprint density at radius 2 is 1.70 bits per heavy atom. The highest BCUT2D eigenvalue weighted by Gasteiger charge is 2.25. The highest BCUT2D eigenvalue weighted by Crippen LogP contribution is 2.28. The summed E-state index contributed by atoms with van der Waals surface area (Å²) in [4.78, 5) is 40.1. The molecule has 0 unspecified atom stereocenters. The van der Waals surface area contributed by atoms with Crippen molar-refractivity contribution in [2.45, 2.75) is 0 Å². The van der Waals surface area contributed by atoms with E-state index in [0.29, 0.717) is 43.2 Å². The Labute approximate surface area is 212 Å². The highest BCUT2D eigenvalue weighted by molar-refractivity contribution is 6.05. The molecule has 1 aliphatic heterocycles. The monoisotopic (exact) mass is 500 g/mol. The van der Waals surface area contributed by atoms with Gasteiger partial charge < -0.3 is 24.3 Å². The lowest BCUT2D eigenvalue weighted by Gasteiger charge is -2.35. The summed E-state index contributed by atoms with van der Waals surface area (Å²) in [6, 6.07) is 20.7. The van der Waals surface area contributed by atoms with E-state index < -0.39 is 10.8 Å². The van der Waals surface area contributed by atoms with E-state index in [1.165, 1.54) is 25.3 Å². The second-order valence-corrected chi connectivity index (χ2v) is 8.57. The first-order chi connectivity index (χ1) is 17.9. The molecule has 3 aromatic carbocycles. The van der Waals surface area contributed by atoms with Crippen LogP contribution in [0.5, 0.6) is 5.75 Å². The molecule has 4 aromatic rings. The molecule has 1 fully saturated rings. The zero-order valence-electron chi connectivity index (χ0n) is 20.0. The molecule has 0 saturated carbocycles. The Hall–Kier alpha value is -4.86. The van der Waals surface area contributed by atoms with Crippen LogP contribution in [0.3, 0.4) is 0 Å². The Morgan fingerprint density at radius 1 is 0.973 bits per heavy atom. The fourth-order valence-electron chi connectivity index (χ4n) is 4.34. The molecule has 1 aromatic heterocycles. The van der Waals surface area contributed by atoms with E-state index in [1.807, 2.05) is 36.4 Å². The Kier molecular flexibility index (Phi) is 6.46. The lowest BCUT2D eigenvalue weighted by atomic mass is 10.1. The summed E-state index contributed by atoms with van der Waals surface area (Å²) in [7, 11) is 1.34. The van der Waals surface area contributed by atoms with Gasteiger partial charge in [0.15, 0.2) is 11.5 Å². The summed E-state index contributed by atoms with van der Waals surface area (Å²) in [5.74, 6) is -0.147. The fourth-order valence-corrected chi connectivity index (χ4v) is 4.34. The molecule has 37 heavy (non-hydrogen) atoms. The number of carbonyl (C=O) groups is 2. The minimum absolute atomic E-state index is 0.0882. The Bertz CT molecular complexity index is 1440. The molecule has 2 amide bonds. The van der Waals surface area contributed by atoms with Crippen molar-refractivity contribution in [1.29, 1.82) is 0 Å². The van der Waals surface area contributed by atoms with Crippen molar-refractivity contribution in [2.24, 2.45) is 0 Å². The molecule has 0 radical (unpaired) electrons. The number of anilines is 2. The molecule has 10 heteroatoms. The number of methoxy groups -OCH3 is 1. The van der Waals surface area contributed by atoms with Gasteiger partial charge in [0.2, 0.25) is 0 Å². The number of furan rings is 1. The largest absolute Gasteiger partial charge is 0.490 e. The summed E-state index contributed by atoms with van der Waals surface area (Å²) in [5.41, 5.74) is 2.10. The van der Waals surface area contributed by atoms with Gasteiger partial charge in [-0.3, -0.25) is 19.7 Å². The zero-order chi connectivity index (χ0) is 25.9. The third-order valence-corrected chi connectivity index (χ3v) is 6.33. The number of nitrogens with zero attached hydrogens (tertiary/aromatic N) is 3. The molecule has 0 atom stereocenters. The first-order valence-corrected chi connectivity index (χ1v) is 11.7. The second kappa shape index (κ2) is 10.0. The average Bonchev–Trinajstić information content (AvgIpc) is 3.37. The molecule has 1 saturated heterocycles. The van der Waals surface area contributed by atoms with Gasteiger partial charge >= 0.3 is 5.69 Å². The number of carbonyl (C=O) groups excluding carboxylic acids is 2. The molecule has 5 rings (SSSR count). The van der Waals surface area contributed by atoms with Crippen molar-refractivity contribution in [3.05, 3.63) is 94.2 Å². The lowest BCUT2D eigenvalue weighted by molar-refractivity contribution is -0.385. The van der Waals surface area contributed by atoms with Crippen LogP contribution >= 0.6 is 0 Å². The van der Waals surface area contributed by atoms with Gasteiger partial charge in [-0.1, -0.05) is 18.2 Å². The molecular weight excluding hydrogens is 476 g/mol. The Morgan fingerprint density at radius 3 is 2.38 bits per heavy atom. The number of nitro benzene ring substituents is 1. The SMILES string of the molecule is COc1ccc(C(=O)Nc2ccc(N3CCN(C(=O)c4cc5ccccc5o4)CC3)cc2)cc1[N+](=O)[O-]. The van der Waals surface area contributed by atoms with Crippen molar-refractivity contribution in [3.8, 4) is 5.75 Å². The minimum Gasteiger partial charge on any atom is -0.490 e. The van der Waals surface area contributed by atoms with E-state index >= 15 is 0 Å². The second-order valence-electron chi connectivity index (χ2n) is 8.57. The summed E-state index contributed by atoms with van der Waals surface area (Å²) >= 11 is 0. The van der Waals surface area contributed by atoms with Crippen molar-refractivity contribution in [1.82, 2.24) is 4.90 Å². The predicted octanol–water partition coefficient (Wildman–Crippen LogP) is 4.56. The molecule has 188 valence electrons. The normalized spacial score (nSPS) is 13.4. The first-order valence-electron chi connectivity index (χ1n) is 11.7. The van der Waals surface area contributed by atoms with E-state index in [1.54, 1.807) is 23.1 Å². The van der Waals surface area contributed by atoms with Crippen LogP contribution in [0, 0.1) is 10.1 Å². The zero-order valence-corrected chi connectivity index (χ0v) is 20.0. The number of hydrogen-bond acceptors (Lipinski definition) is 7. The van der Waals surface area contributed by atoms with E-state index in [0.717, 1.165) is 11.1 Å². The molecule has 1 aliphatic rings. The molecule has 1 N–H and O–H groups in total. The third-order valence-electron chi connectivity index (χ3n) is 6.33. The Balaban J connectivity index is 1.19. The van der Waals surface area contributed by atoms with E-state index in [-0.39, 0.29) is 22.9 Å². The van der Waals surface area contributed by atoms with Crippen molar-refractivity contribution < 1.29 is 23.7 Å². The maximum Gasteiger partial charge on any atom is 0.311 e. The number of ether oxygens (including phenoxy) is 1. The van der Waals surface area contributed by atoms with Gasteiger partial charge in [0, 0.05) is 54.6 Å². The summed E-state index contributed by atoms with van der Waals surface area (Å²) < 4.78 is 10.7. The highest BCUT2D eigenvalue weighted by atomic mass is 16.6. The van der Waals surface area contributed by atoms with Gasteiger partial charge in [-0.25, -0.2) is 0 Å². The predicted molar refractivity (Wildman–Crippen MR) is 138 cm³/mol. The fraction of sp³-hybridized carbons (Fsp3) is 0.185. The van der Waals surface area contributed by atoms with Crippen LogP contribution in [-0.2, 0) is 0 Å². The number of para-hydroxylation sites is 1. The van der Waals surface area contributed by atoms with Crippen molar-refractivity contribution in [2.75, 3.05) is 43.5 Å². The van der Waals surface area contributed by atoms with Gasteiger partial charge in [0.05, 0.1) is 12.0 Å². The van der Waals surface area contributed by atoms with E-state index in [9.17, 15) is 19.7 Å². The van der Waals surface area contributed by atoms with Gasteiger partial charge in [-0.2, -0.15) is 0 Å². The van der Waals surface area contributed by atoms with Gasteiger partial charge in [-0.05, 0) is 48.5 Å². The smallest absolute Gasteiger partial charge is 0.311 e. The number of amides is 2. The van der Waals surface area contributed by atoms with Crippen LogP contribution in [0.2, 0.25) is 0 Å². The molecule has 0 bridgehead atoms. The number of nitro groups is 1. The van der Waals surface area contributed by atoms with Crippen LogP contribution in [0.1, 0.15) is 20.9 Å². The van der Waals surface area contributed by atoms with Crippen molar-refractivity contribution in [3.63, 3.8) is 0 Å². The van der Waals surface area contributed by atoms with Crippen LogP contribution in [0.15, 0.2) is 77.2 Å². The number of piperazine rings is 1.